The van der Waals surface area contributed by atoms with E-state index < -0.39 is 5.79 Å². The minimum absolute atomic E-state index is 0.0668. The van der Waals surface area contributed by atoms with Gasteiger partial charge in [0.15, 0.2) is 5.79 Å². The lowest BCUT2D eigenvalue weighted by atomic mass is 9.77. The van der Waals surface area contributed by atoms with Crippen LogP contribution in [0, 0.1) is 11.3 Å². The van der Waals surface area contributed by atoms with E-state index in [1.54, 1.807) is 0 Å². The maximum absolute atomic E-state index is 6.28. The van der Waals surface area contributed by atoms with Gasteiger partial charge in [-0.05, 0) is 25.8 Å². The first kappa shape index (κ1) is 18.4. The average molecular weight is 320 g/mol. The predicted molar refractivity (Wildman–Crippen MR) is 93.2 cm³/mol. The average Bonchev–Trinajstić information content (AvgIpc) is 2.50. The Morgan fingerprint density at radius 3 is 2.39 bits per heavy atom. The van der Waals surface area contributed by atoms with Crippen molar-refractivity contribution in [2.45, 2.75) is 72.6 Å². The first-order valence-electron chi connectivity index (χ1n) is 8.72. The van der Waals surface area contributed by atoms with Crippen molar-refractivity contribution < 1.29 is 14.2 Å². The van der Waals surface area contributed by atoms with Gasteiger partial charge in [-0.1, -0.05) is 58.0 Å². The minimum atomic E-state index is -0.533. The van der Waals surface area contributed by atoms with Crippen molar-refractivity contribution in [3.05, 3.63) is 35.9 Å². The second-order valence-electron chi connectivity index (χ2n) is 7.83. The number of rotatable bonds is 6. The van der Waals surface area contributed by atoms with Crippen molar-refractivity contribution in [3.63, 3.8) is 0 Å². The molecule has 0 unspecified atom stereocenters. The molecule has 0 aliphatic carbocycles. The van der Waals surface area contributed by atoms with Gasteiger partial charge in [0.2, 0.25) is 0 Å². The predicted octanol–water partition coefficient (Wildman–Crippen LogP) is 4.80. The van der Waals surface area contributed by atoms with Crippen molar-refractivity contribution in [3.8, 4) is 0 Å². The maximum Gasteiger partial charge on any atom is 0.163 e. The lowest BCUT2D eigenvalue weighted by Crippen LogP contribution is -2.55. The fraction of sp³-hybridized carbons (Fsp3) is 0.700. The van der Waals surface area contributed by atoms with E-state index in [0.717, 1.165) is 6.42 Å². The highest BCUT2D eigenvalue weighted by molar-refractivity contribution is 5.13. The summed E-state index contributed by atoms with van der Waals surface area (Å²) in [6.07, 6.45) is 1.36. The smallest absolute Gasteiger partial charge is 0.163 e. The summed E-state index contributed by atoms with van der Waals surface area (Å²) < 4.78 is 18.4. The van der Waals surface area contributed by atoms with Gasteiger partial charge in [0, 0.05) is 11.3 Å². The highest BCUT2D eigenvalue weighted by atomic mass is 16.7. The second-order valence-corrected chi connectivity index (χ2v) is 7.83. The molecule has 1 heterocycles. The van der Waals surface area contributed by atoms with E-state index in [2.05, 4.69) is 39.8 Å². The van der Waals surface area contributed by atoms with Gasteiger partial charge in [-0.15, -0.1) is 0 Å². The van der Waals surface area contributed by atoms with Gasteiger partial charge in [-0.3, -0.25) is 0 Å². The highest BCUT2D eigenvalue weighted by Gasteiger charge is 2.46. The Hall–Kier alpha value is -0.900. The van der Waals surface area contributed by atoms with Crippen LogP contribution in [0.5, 0.6) is 0 Å². The standard InChI is InChI=1S/C20H32O3/c1-7-17-15(2)18(23-20(5,6)22-17)19(3,4)14-21-13-16-11-9-8-10-12-16/h8-12,15,17-18H,7,13-14H2,1-6H3/t15-,17+,18-/m1/s1. The number of benzene rings is 1. The molecule has 0 amide bonds. The Bertz CT molecular complexity index is 481. The molecule has 0 radical (unpaired) electrons. The monoisotopic (exact) mass is 320 g/mol. The zero-order chi connectivity index (χ0) is 17.1. The van der Waals surface area contributed by atoms with Crippen molar-refractivity contribution in [1.29, 1.82) is 0 Å². The SMILES string of the molecule is CC[C@@H]1OC(C)(C)O[C@@H](C(C)(C)COCc2ccccc2)[C@@H]1C. The van der Waals surface area contributed by atoms with Crippen LogP contribution in [0.1, 0.15) is 53.5 Å². The summed E-state index contributed by atoms with van der Waals surface area (Å²) in [4.78, 5) is 0. The van der Waals surface area contributed by atoms with E-state index in [4.69, 9.17) is 14.2 Å². The zero-order valence-electron chi connectivity index (χ0n) is 15.5. The first-order chi connectivity index (χ1) is 10.7. The lowest BCUT2D eigenvalue weighted by molar-refractivity contribution is -0.338. The van der Waals surface area contributed by atoms with E-state index in [-0.39, 0.29) is 17.6 Å². The molecule has 1 saturated heterocycles. The largest absolute Gasteiger partial charge is 0.376 e. The van der Waals surface area contributed by atoms with Crippen molar-refractivity contribution in [1.82, 2.24) is 0 Å². The van der Waals surface area contributed by atoms with E-state index >= 15 is 0 Å². The Morgan fingerprint density at radius 1 is 1.13 bits per heavy atom. The van der Waals surface area contributed by atoms with Gasteiger partial charge in [-0.2, -0.15) is 0 Å². The molecule has 3 heteroatoms. The Balaban J connectivity index is 1.99. The Kier molecular flexibility index (Phi) is 5.88. The Morgan fingerprint density at radius 2 is 1.78 bits per heavy atom. The van der Waals surface area contributed by atoms with Crippen LogP contribution in [0.3, 0.4) is 0 Å². The van der Waals surface area contributed by atoms with Crippen LogP contribution in [-0.4, -0.2) is 24.6 Å². The van der Waals surface area contributed by atoms with E-state index in [0.29, 0.717) is 19.1 Å². The van der Waals surface area contributed by atoms with Crippen LogP contribution in [-0.2, 0) is 20.8 Å². The molecule has 3 nitrogen and oxygen atoms in total. The topological polar surface area (TPSA) is 27.7 Å². The molecule has 23 heavy (non-hydrogen) atoms. The van der Waals surface area contributed by atoms with Gasteiger partial charge in [0.05, 0.1) is 25.4 Å². The highest BCUT2D eigenvalue weighted by Crippen LogP contribution is 2.40. The minimum Gasteiger partial charge on any atom is -0.376 e. The van der Waals surface area contributed by atoms with E-state index in [9.17, 15) is 0 Å². The molecule has 1 aliphatic rings. The summed E-state index contributed by atoms with van der Waals surface area (Å²) in [5, 5.41) is 0. The lowest BCUT2D eigenvalue weighted by Gasteiger charge is -2.50. The molecule has 1 aromatic carbocycles. The maximum atomic E-state index is 6.28. The quantitative estimate of drug-likeness (QED) is 0.754. The zero-order valence-corrected chi connectivity index (χ0v) is 15.5. The fourth-order valence-corrected chi connectivity index (χ4v) is 3.52. The van der Waals surface area contributed by atoms with Crippen LogP contribution >= 0.6 is 0 Å². The summed E-state index contributed by atoms with van der Waals surface area (Å²) in [5.74, 6) is -0.183. The molecule has 0 spiro atoms. The molecular weight excluding hydrogens is 288 g/mol. The Labute approximate surface area is 141 Å². The van der Waals surface area contributed by atoms with Crippen LogP contribution in [0.4, 0.5) is 0 Å². The molecule has 2 rings (SSSR count). The van der Waals surface area contributed by atoms with Crippen LogP contribution in [0.15, 0.2) is 30.3 Å². The summed E-state index contributed by atoms with van der Waals surface area (Å²) in [5.41, 5.74) is 1.14. The normalized spacial score (nSPS) is 27.8. The molecule has 3 atom stereocenters. The van der Waals surface area contributed by atoms with Crippen molar-refractivity contribution in [2.75, 3.05) is 6.61 Å². The molecule has 0 N–H and O–H groups in total. The van der Waals surface area contributed by atoms with Gasteiger partial charge >= 0.3 is 0 Å². The van der Waals surface area contributed by atoms with Crippen LogP contribution < -0.4 is 0 Å². The fourth-order valence-electron chi connectivity index (χ4n) is 3.52. The third kappa shape index (κ3) is 4.79. The van der Waals surface area contributed by atoms with Gasteiger partial charge in [0.25, 0.3) is 0 Å². The number of ether oxygens (including phenoxy) is 3. The number of hydrogen-bond acceptors (Lipinski definition) is 3. The summed E-state index contributed by atoms with van der Waals surface area (Å²) in [6, 6.07) is 10.3. The van der Waals surface area contributed by atoms with Gasteiger partial charge < -0.3 is 14.2 Å². The van der Waals surface area contributed by atoms with Gasteiger partial charge in [-0.25, -0.2) is 0 Å². The van der Waals surface area contributed by atoms with Crippen LogP contribution in [0.25, 0.3) is 0 Å². The molecule has 0 saturated carbocycles. The molecular formula is C20H32O3. The summed E-state index contributed by atoms with van der Waals surface area (Å²) in [7, 11) is 0. The molecule has 130 valence electrons. The van der Waals surface area contributed by atoms with Crippen molar-refractivity contribution >= 4 is 0 Å². The third-order valence-corrected chi connectivity index (χ3v) is 4.67. The van der Waals surface area contributed by atoms with Gasteiger partial charge in [0.1, 0.15) is 0 Å². The number of hydrogen-bond donors (Lipinski definition) is 0. The van der Waals surface area contributed by atoms with E-state index in [1.807, 2.05) is 32.0 Å². The third-order valence-electron chi connectivity index (χ3n) is 4.67. The molecule has 1 aromatic rings. The van der Waals surface area contributed by atoms with E-state index in [1.165, 1.54) is 5.56 Å². The summed E-state index contributed by atoms with van der Waals surface area (Å²) >= 11 is 0. The van der Waals surface area contributed by atoms with Crippen LogP contribution in [0.2, 0.25) is 0 Å². The molecule has 0 bridgehead atoms. The van der Waals surface area contributed by atoms with Crippen molar-refractivity contribution in [2.24, 2.45) is 11.3 Å². The second kappa shape index (κ2) is 7.33. The molecule has 1 aliphatic heterocycles. The molecule has 0 aromatic heterocycles. The summed E-state index contributed by atoms with van der Waals surface area (Å²) in [6.45, 7) is 14.2. The first-order valence-corrected chi connectivity index (χ1v) is 8.72. The molecule has 1 fully saturated rings.